The first kappa shape index (κ1) is 11.8. The zero-order valence-electron chi connectivity index (χ0n) is 7.64. The fourth-order valence-electron chi connectivity index (χ4n) is 0.904. The van der Waals surface area contributed by atoms with E-state index < -0.39 is 18.0 Å². The lowest BCUT2D eigenvalue weighted by Crippen LogP contribution is -2.38. The van der Waals surface area contributed by atoms with Crippen LogP contribution < -0.4 is 5.73 Å². The van der Waals surface area contributed by atoms with Crippen molar-refractivity contribution >= 4 is 5.91 Å². The first-order valence-corrected chi connectivity index (χ1v) is 3.97. The Morgan fingerprint density at radius 3 is 2.23 bits per heavy atom. The highest BCUT2D eigenvalue weighted by Crippen LogP contribution is 2.11. The van der Waals surface area contributed by atoms with E-state index in [1.807, 2.05) is 13.8 Å². The Labute approximate surface area is 75.8 Å². The van der Waals surface area contributed by atoms with Crippen molar-refractivity contribution in [2.45, 2.75) is 32.4 Å². The van der Waals surface area contributed by atoms with Gasteiger partial charge in [-0.2, -0.15) is 4.91 Å². The molecule has 0 aliphatic heterocycles. The largest absolute Gasteiger partial charge is 0.326 e. The molecule has 6 nitrogen and oxygen atoms in total. The fourth-order valence-corrected chi connectivity index (χ4v) is 0.904. The number of carbonyl (C=O) groups excluding carboxylic acids is 1. The van der Waals surface area contributed by atoms with Crippen molar-refractivity contribution in [3.8, 4) is 0 Å². The van der Waals surface area contributed by atoms with Gasteiger partial charge in [0.15, 0.2) is 0 Å². The summed E-state index contributed by atoms with van der Waals surface area (Å²) in [4.78, 5) is 30.6. The quantitative estimate of drug-likeness (QED) is 0.642. The van der Waals surface area contributed by atoms with Crippen LogP contribution >= 0.6 is 0 Å². The van der Waals surface area contributed by atoms with Crippen molar-refractivity contribution < 1.29 is 4.79 Å². The number of nitroso groups, excluding NO2 is 2. The monoisotopic (exact) mass is 187 g/mol. The molecule has 74 valence electrons. The van der Waals surface area contributed by atoms with Gasteiger partial charge in [0, 0.05) is 11.2 Å². The van der Waals surface area contributed by atoms with Gasteiger partial charge in [-0.3, -0.25) is 4.79 Å². The molecule has 0 aliphatic carbocycles. The summed E-state index contributed by atoms with van der Waals surface area (Å²) < 4.78 is 0. The van der Waals surface area contributed by atoms with Crippen molar-refractivity contribution in [3.05, 3.63) is 9.81 Å². The Bertz CT molecular complexity index is 205. The highest BCUT2D eigenvalue weighted by atomic mass is 16.3. The number of hydrogen-bond donors (Lipinski definition) is 1. The zero-order chi connectivity index (χ0) is 10.4. The van der Waals surface area contributed by atoms with Crippen LogP contribution in [0.3, 0.4) is 0 Å². The summed E-state index contributed by atoms with van der Waals surface area (Å²) in [5.74, 6) is -0.858. The molecule has 0 aliphatic rings. The minimum atomic E-state index is -0.888. The Hall–Kier alpha value is -1.17. The molecule has 0 saturated heterocycles. The van der Waals surface area contributed by atoms with Crippen LogP contribution in [0.15, 0.2) is 10.4 Å². The highest BCUT2D eigenvalue weighted by molar-refractivity contribution is 5.77. The van der Waals surface area contributed by atoms with Crippen molar-refractivity contribution in [2.24, 2.45) is 22.0 Å². The van der Waals surface area contributed by atoms with E-state index in [1.54, 1.807) is 0 Å². The van der Waals surface area contributed by atoms with Gasteiger partial charge in [-0.05, 0) is 5.92 Å². The Morgan fingerprint density at radius 1 is 1.38 bits per heavy atom. The van der Waals surface area contributed by atoms with Gasteiger partial charge in [-0.15, -0.1) is 4.91 Å². The standard InChI is InChI=1S/C7H13N3O3/c1-4(2)7(8)5(9-12)3-6(11)10-13/h4-5,7H,3,8H2,1-2H3/t5-,7+/m0/s1. The Balaban J connectivity index is 4.25. The normalized spacial score (nSPS) is 15.1. The maximum atomic E-state index is 10.6. The average Bonchev–Trinajstić information content (AvgIpc) is 2.12. The van der Waals surface area contributed by atoms with Crippen LogP contribution in [0.2, 0.25) is 0 Å². The van der Waals surface area contributed by atoms with E-state index in [4.69, 9.17) is 5.73 Å². The van der Waals surface area contributed by atoms with E-state index in [-0.39, 0.29) is 12.3 Å². The summed E-state index contributed by atoms with van der Waals surface area (Å²) in [5, 5.41) is 4.88. The minimum Gasteiger partial charge on any atom is -0.326 e. The van der Waals surface area contributed by atoms with Crippen LogP contribution in [-0.2, 0) is 4.79 Å². The third-order valence-electron chi connectivity index (χ3n) is 1.84. The summed E-state index contributed by atoms with van der Waals surface area (Å²) in [6.45, 7) is 3.61. The zero-order valence-corrected chi connectivity index (χ0v) is 7.64. The molecule has 0 radical (unpaired) electrons. The number of nitrogens with two attached hydrogens (primary N) is 1. The second-order valence-electron chi connectivity index (χ2n) is 3.18. The highest BCUT2D eigenvalue weighted by Gasteiger charge is 2.24. The van der Waals surface area contributed by atoms with E-state index in [9.17, 15) is 14.6 Å². The van der Waals surface area contributed by atoms with E-state index in [0.717, 1.165) is 0 Å². The summed E-state index contributed by atoms with van der Waals surface area (Å²) >= 11 is 0. The molecule has 13 heavy (non-hydrogen) atoms. The lowest BCUT2D eigenvalue weighted by atomic mass is 9.96. The van der Waals surface area contributed by atoms with Crippen molar-refractivity contribution in [3.63, 3.8) is 0 Å². The van der Waals surface area contributed by atoms with Gasteiger partial charge in [0.2, 0.25) is 0 Å². The van der Waals surface area contributed by atoms with Crippen LogP contribution in [0.4, 0.5) is 0 Å². The van der Waals surface area contributed by atoms with Crippen molar-refractivity contribution in [2.75, 3.05) is 0 Å². The van der Waals surface area contributed by atoms with E-state index in [0.29, 0.717) is 0 Å². The molecule has 0 aromatic carbocycles. The summed E-state index contributed by atoms with van der Waals surface area (Å²) in [6.07, 6.45) is -0.299. The molecule has 0 rings (SSSR count). The number of nitrogens with zero attached hydrogens (tertiary/aromatic N) is 2. The summed E-state index contributed by atoms with van der Waals surface area (Å²) in [6, 6.07) is -1.37. The van der Waals surface area contributed by atoms with Gasteiger partial charge < -0.3 is 5.73 Å². The van der Waals surface area contributed by atoms with Gasteiger partial charge in [0.25, 0.3) is 5.91 Å². The van der Waals surface area contributed by atoms with Gasteiger partial charge in [0.05, 0.1) is 6.42 Å². The smallest absolute Gasteiger partial charge is 0.288 e. The number of carbonyl (C=O) groups is 1. The fraction of sp³-hybridized carbons (Fsp3) is 0.857. The first-order valence-electron chi connectivity index (χ1n) is 3.97. The van der Waals surface area contributed by atoms with E-state index >= 15 is 0 Å². The third-order valence-corrected chi connectivity index (χ3v) is 1.84. The van der Waals surface area contributed by atoms with Crippen LogP contribution in [0, 0.1) is 15.7 Å². The Kier molecular flexibility index (Phi) is 4.98. The lowest BCUT2D eigenvalue weighted by Gasteiger charge is -2.18. The molecule has 0 heterocycles. The predicted molar refractivity (Wildman–Crippen MR) is 47.8 cm³/mol. The molecule has 0 unspecified atom stereocenters. The second-order valence-corrected chi connectivity index (χ2v) is 3.18. The van der Waals surface area contributed by atoms with E-state index in [2.05, 4.69) is 10.4 Å². The summed E-state index contributed by atoms with van der Waals surface area (Å²) in [5.41, 5.74) is 5.58. The van der Waals surface area contributed by atoms with Crippen LogP contribution in [0.25, 0.3) is 0 Å². The number of hydrogen-bond acceptors (Lipinski definition) is 5. The topological polar surface area (TPSA) is 102 Å². The predicted octanol–water partition coefficient (Wildman–Crippen LogP) is 0.788. The molecule has 2 N–H and O–H groups in total. The van der Waals surface area contributed by atoms with E-state index in [1.165, 1.54) is 0 Å². The number of rotatable bonds is 5. The van der Waals surface area contributed by atoms with Crippen molar-refractivity contribution in [1.29, 1.82) is 0 Å². The molecule has 1 amide bonds. The van der Waals surface area contributed by atoms with Crippen molar-refractivity contribution in [1.82, 2.24) is 0 Å². The second kappa shape index (κ2) is 5.47. The van der Waals surface area contributed by atoms with Gasteiger partial charge in [0.1, 0.15) is 6.04 Å². The third kappa shape index (κ3) is 3.84. The molecule has 6 heteroatoms. The molecule has 0 spiro atoms. The maximum Gasteiger partial charge on any atom is 0.288 e. The number of amides is 1. The average molecular weight is 187 g/mol. The van der Waals surface area contributed by atoms with Gasteiger partial charge >= 0.3 is 0 Å². The SMILES string of the molecule is CC(C)[C@@H](N)[C@H](CC(=O)N=O)N=O. The summed E-state index contributed by atoms with van der Waals surface area (Å²) in [7, 11) is 0. The van der Waals surface area contributed by atoms with Crippen LogP contribution in [0.1, 0.15) is 20.3 Å². The molecular formula is C7H13N3O3. The molecule has 0 fully saturated rings. The first-order chi connectivity index (χ1) is 6.02. The molecule has 0 aromatic heterocycles. The van der Waals surface area contributed by atoms with Crippen LogP contribution in [0.5, 0.6) is 0 Å². The molecule has 0 aromatic rings. The molecule has 0 bridgehead atoms. The molecule has 2 atom stereocenters. The van der Waals surface area contributed by atoms with Gasteiger partial charge in [-0.25, -0.2) is 0 Å². The maximum absolute atomic E-state index is 10.6. The minimum absolute atomic E-state index is 0.0298. The molecule has 0 saturated carbocycles. The van der Waals surface area contributed by atoms with Gasteiger partial charge in [-0.1, -0.05) is 19.0 Å². The lowest BCUT2D eigenvalue weighted by molar-refractivity contribution is -0.118. The molecular weight excluding hydrogens is 174 g/mol. The van der Waals surface area contributed by atoms with Crippen LogP contribution in [-0.4, -0.2) is 18.0 Å². The Morgan fingerprint density at radius 2 is 1.92 bits per heavy atom.